The summed E-state index contributed by atoms with van der Waals surface area (Å²) in [4.78, 5) is 5.40. The van der Waals surface area contributed by atoms with Crippen molar-refractivity contribution in [3.8, 4) is 0 Å². The van der Waals surface area contributed by atoms with E-state index in [-0.39, 0.29) is 6.54 Å². The van der Waals surface area contributed by atoms with Crippen molar-refractivity contribution in [3.63, 3.8) is 0 Å². The molecule has 0 aliphatic carbocycles. The van der Waals surface area contributed by atoms with Gasteiger partial charge in [-0.1, -0.05) is 0 Å². The first-order valence-corrected chi connectivity index (χ1v) is 5.12. The van der Waals surface area contributed by atoms with Gasteiger partial charge in [-0.25, -0.2) is 13.8 Å². The number of nitrogens with zero attached hydrogens (tertiary/aromatic N) is 2. The molecule has 0 atom stereocenters. The molecule has 0 fully saturated rings. The maximum Gasteiger partial charge on any atom is 0.255 e. The van der Waals surface area contributed by atoms with Gasteiger partial charge < -0.3 is 10.6 Å². The molecular formula is C9H12BrF2N3. The lowest BCUT2D eigenvalue weighted by Crippen LogP contribution is -2.25. The molecule has 0 aliphatic heterocycles. The fraction of sp³-hybridized carbons (Fsp3) is 0.444. The van der Waals surface area contributed by atoms with Crippen LogP contribution in [0.1, 0.15) is 5.56 Å². The van der Waals surface area contributed by atoms with Crippen LogP contribution in [0, 0.1) is 6.92 Å². The van der Waals surface area contributed by atoms with Crippen molar-refractivity contribution in [2.75, 3.05) is 24.2 Å². The molecule has 1 heterocycles. The summed E-state index contributed by atoms with van der Waals surface area (Å²) in [6.07, 6.45) is -0.918. The number of rotatable bonds is 3. The van der Waals surface area contributed by atoms with Gasteiger partial charge in [-0.05, 0) is 28.4 Å². The van der Waals surface area contributed by atoms with Crippen LogP contribution in [-0.2, 0) is 0 Å². The summed E-state index contributed by atoms with van der Waals surface area (Å²) in [7, 11) is 1.56. The molecule has 0 radical (unpaired) electrons. The van der Waals surface area contributed by atoms with E-state index in [0.717, 1.165) is 5.56 Å². The van der Waals surface area contributed by atoms with E-state index in [1.54, 1.807) is 14.0 Å². The van der Waals surface area contributed by atoms with E-state index in [1.807, 2.05) is 0 Å². The molecule has 0 saturated heterocycles. The van der Waals surface area contributed by atoms with E-state index in [1.165, 1.54) is 11.1 Å². The van der Waals surface area contributed by atoms with Gasteiger partial charge in [0.2, 0.25) is 0 Å². The zero-order valence-corrected chi connectivity index (χ0v) is 10.1. The van der Waals surface area contributed by atoms with Gasteiger partial charge in [-0.2, -0.15) is 0 Å². The van der Waals surface area contributed by atoms with Gasteiger partial charge in [0, 0.05) is 7.05 Å². The summed E-state index contributed by atoms with van der Waals surface area (Å²) < 4.78 is 25.0. The first kappa shape index (κ1) is 12.2. The molecule has 0 aromatic carbocycles. The standard InChI is InChI=1S/C9H12BrF2N3/c1-5-6(13)3-14-9(8(5)10)15(2)4-7(11)12/h3,7H,4,13H2,1-2H3. The Kier molecular flexibility index (Phi) is 3.84. The molecule has 1 aromatic heterocycles. The van der Waals surface area contributed by atoms with Crippen molar-refractivity contribution in [1.29, 1.82) is 0 Å². The average molecular weight is 280 g/mol. The van der Waals surface area contributed by atoms with Gasteiger partial charge in [0.1, 0.15) is 5.82 Å². The van der Waals surface area contributed by atoms with Gasteiger partial charge in [0.15, 0.2) is 0 Å². The molecule has 15 heavy (non-hydrogen) atoms. The Morgan fingerprint density at radius 2 is 2.20 bits per heavy atom. The quantitative estimate of drug-likeness (QED) is 0.924. The van der Waals surface area contributed by atoms with E-state index in [2.05, 4.69) is 20.9 Å². The monoisotopic (exact) mass is 279 g/mol. The van der Waals surface area contributed by atoms with Crippen LogP contribution >= 0.6 is 15.9 Å². The third-order valence-corrected chi connectivity index (χ3v) is 3.01. The number of anilines is 2. The first-order valence-electron chi connectivity index (χ1n) is 4.33. The van der Waals surface area contributed by atoms with Gasteiger partial charge in [0.25, 0.3) is 6.43 Å². The van der Waals surface area contributed by atoms with E-state index in [4.69, 9.17) is 5.73 Å². The Morgan fingerprint density at radius 3 is 2.73 bits per heavy atom. The fourth-order valence-electron chi connectivity index (χ4n) is 1.14. The zero-order valence-electron chi connectivity index (χ0n) is 8.47. The van der Waals surface area contributed by atoms with Crippen molar-refractivity contribution >= 4 is 27.4 Å². The molecule has 1 aromatic rings. The summed E-state index contributed by atoms with van der Waals surface area (Å²) in [5.41, 5.74) is 6.98. The Hall–Kier alpha value is -0.910. The van der Waals surface area contributed by atoms with E-state index >= 15 is 0 Å². The Labute approximate surface area is 95.4 Å². The van der Waals surface area contributed by atoms with Crippen molar-refractivity contribution in [2.45, 2.75) is 13.3 Å². The fourth-order valence-corrected chi connectivity index (χ4v) is 1.77. The molecule has 2 N–H and O–H groups in total. The Bertz CT molecular complexity index is 357. The number of hydrogen-bond donors (Lipinski definition) is 1. The molecule has 6 heteroatoms. The summed E-state index contributed by atoms with van der Waals surface area (Å²) in [5, 5.41) is 0. The van der Waals surface area contributed by atoms with Gasteiger partial charge >= 0.3 is 0 Å². The summed E-state index contributed by atoms with van der Waals surface area (Å²) in [6, 6.07) is 0. The largest absolute Gasteiger partial charge is 0.397 e. The lowest BCUT2D eigenvalue weighted by molar-refractivity contribution is 0.156. The zero-order chi connectivity index (χ0) is 11.6. The van der Waals surface area contributed by atoms with E-state index < -0.39 is 6.43 Å². The van der Waals surface area contributed by atoms with E-state index in [0.29, 0.717) is 16.0 Å². The highest BCUT2D eigenvalue weighted by atomic mass is 79.9. The molecule has 0 bridgehead atoms. The van der Waals surface area contributed by atoms with E-state index in [9.17, 15) is 8.78 Å². The van der Waals surface area contributed by atoms with Gasteiger partial charge in [-0.3, -0.25) is 0 Å². The molecule has 1 rings (SSSR count). The molecule has 84 valence electrons. The predicted molar refractivity (Wildman–Crippen MR) is 60.4 cm³/mol. The van der Waals surface area contributed by atoms with Crippen molar-refractivity contribution in [1.82, 2.24) is 4.98 Å². The smallest absolute Gasteiger partial charge is 0.255 e. The third kappa shape index (κ3) is 2.77. The maximum absolute atomic E-state index is 12.2. The van der Waals surface area contributed by atoms with Crippen molar-refractivity contribution < 1.29 is 8.78 Å². The molecule has 0 aliphatic rings. The highest BCUT2D eigenvalue weighted by molar-refractivity contribution is 9.10. The van der Waals surface area contributed by atoms with Crippen molar-refractivity contribution in [3.05, 3.63) is 16.2 Å². The van der Waals surface area contributed by atoms with Crippen LogP contribution < -0.4 is 10.6 Å². The number of nitrogens with two attached hydrogens (primary N) is 1. The third-order valence-electron chi connectivity index (χ3n) is 2.06. The minimum atomic E-state index is -2.39. The number of hydrogen-bond acceptors (Lipinski definition) is 3. The molecular weight excluding hydrogens is 268 g/mol. The van der Waals surface area contributed by atoms with Crippen LogP contribution in [0.15, 0.2) is 10.7 Å². The second kappa shape index (κ2) is 4.74. The molecule has 3 nitrogen and oxygen atoms in total. The predicted octanol–water partition coefficient (Wildman–Crippen LogP) is 2.44. The van der Waals surface area contributed by atoms with Gasteiger partial charge in [0.05, 0.1) is 22.9 Å². The molecule has 0 spiro atoms. The number of halogens is 3. The average Bonchev–Trinajstić information content (AvgIpc) is 2.13. The maximum atomic E-state index is 12.2. The summed E-state index contributed by atoms with van der Waals surface area (Å²) in [5.74, 6) is 0.474. The van der Waals surface area contributed by atoms with Crippen LogP contribution in [0.4, 0.5) is 20.3 Å². The lowest BCUT2D eigenvalue weighted by atomic mass is 10.2. The molecule has 0 saturated carbocycles. The van der Waals surface area contributed by atoms with Gasteiger partial charge in [-0.15, -0.1) is 0 Å². The lowest BCUT2D eigenvalue weighted by Gasteiger charge is -2.20. The molecule has 0 unspecified atom stereocenters. The number of nitrogen functional groups attached to an aromatic ring is 1. The number of aromatic nitrogens is 1. The van der Waals surface area contributed by atoms with Crippen LogP contribution in [0.3, 0.4) is 0 Å². The van der Waals surface area contributed by atoms with Crippen LogP contribution in [0.25, 0.3) is 0 Å². The second-order valence-electron chi connectivity index (χ2n) is 3.25. The van der Waals surface area contributed by atoms with Crippen LogP contribution in [0.2, 0.25) is 0 Å². The Balaban J connectivity index is 3.00. The normalized spacial score (nSPS) is 10.8. The Morgan fingerprint density at radius 1 is 1.60 bits per heavy atom. The topological polar surface area (TPSA) is 42.1 Å². The number of pyridine rings is 1. The number of alkyl halides is 2. The molecule has 0 amide bonds. The highest BCUT2D eigenvalue weighted by Gasteiger charge is 2.14. The summed E-state index contributed by atoms with van der Waals surface area (Å²) in [6.45, 7) is 1.45. The minimum Gasteiger partial charge on any atom is -0.397 e. The van der Waals surface area contributed by atoms with Crippen LogP contribution in [-0.4, -0.2) is 25.0 Å². The first-order chi connectivity index (χ1) is 6.93. The SMILES string of the molecule is Cc1c(N)cnc(N(C)CC(F)F)c1Br. The highest BCUT2D eigenvalue weighted by Crippen LogP contribution is 2.29. The van der Waals surface area contributed by atoms with Crippen LogP contribution in [0.5, 0.6) is 0 Å². The second-order valence-corrected chi connectivity index (χ2v) is 4.04. The summed E-state index contributed by atoms with van der Waals surface area (Å²) >= 11 is 3.29. The van der Waals surface area contributed by atoms with Crippen molar-refractivity contribution in [2.24, 2.45) is 0 Å². The minimum absolute atomic E-state index is 0.352.